The van der Waals surface area contributed by atoms with Gasteiger partial charge in [-0.1, -0.05) is 24.3 Å². The van der Waals surface area contributed by atoms with E-state index in [4.69, 9.17) is 15.2 Å². The van der Waals surface area contributed by atoms with Gasteiger partial charge >= 0.3 is 5.97 Å². The average Bonchev–Trinajstić information content (AvgIpc) is 2.90. The fourth-order valence-electron chi connectivity index (χ4n) is 2.37. The predicted octanol–water partition coefficient (Wildman–Crippen LogP) is 2.74. The molecule has 0 amide bonds. The number of carbonyl (C=O) groups is 1. The molecule has 0 saturated heterocycles. The minimum atomic E-state index is -0.374. The van der Waals surface area contributed by atoms with Crippen molar-refractivity contribution in [3.8, 4) is 5.75 Å². The van der Waals surface area contributed by atoms with Crippen molar-refractivity contribution in [2.45, 2.75) is 19.4 Å². The van der Waals surface area contributed by atoms with E-state index in [2.05, 4.69) is 0 Å². The van der Waals surface area contributed by atoms with Crippen LogP contribution in [0.3, 0.4) is 0 Å². The second kappa shape index (κ2) is 5.48. The molecule has 2 aromatic carbocycles. The summed E-state index contributed by atoms with van der Waals surface area (Å²) in [5.74, 6) is 0.499. The normalized spacial score (nSPS) is 16.1. The largest absolute Gasteiger partial charge is 0.486 e. The number of para-hydroxylation sites is 1. The Morgan fingerprint density at radius 3 is 2.90 bits per heavy atom. The lowest BCUT2D eigenvalue weighted by atomic mass is 10.1. The molecule has 21 heavy (non-hydrogen) atoms. The van der Waals surface area contributed by atoms with Gasteiger partial charge in [-0.25, -0.2) is 4.79 Å². The second-order valence-corrected chi connectivity index (χ2v) is 5.22. The van der Waals surface area contributed by atoms with Crippen LogP contribution < -0.4 is 10.5 Å². The van der Waals surface area contributed by atoms with E-state index in [-0.39, 0.29) is 18.7 Å². The first-order chi connectivity index (χ1) is 10.1. The van der Waals surface area contributed by atoms with Crippen LogP contribution in [0.25, 0.3) is 0 Å². The smallest absolute Gasteiger partial charge is 0.338 e. The number of nitrogens with two attached hydrogens (primary N) is 1. The van der Waals surface area contributed by atoms with Gasteiger partial charge in [0, 0.05) is 12.1 Å². The van der Waals surface area contributed by atoms with Crippen molar-refractivity contribution in [2.24, 2.45) is 0 Å². The first-order valence-electron chi connectivity index (χ1n) is 6.91. The summed E-state index contributed by atoms with van der Waals surface area (Å²) < 4.78 is 11.1. The molecule has 0 bridgehead atoms. The van der Waals surface area contributed by atoms with Gasteiger partial charge in [-0.05, 0) is 36.2 Å². The van der Waals surface area contributed by atoms with Crippen LogP contribution in [-0.4, -0.2) is 18.7 Å². The predicted molar refractivity (Wildman–Crippen MR) is 80.4 cm³/mol. The summed E-state index contributed by atoms with van der Waals surface area (Å²) in [6.07, 6.45) is 0.647. The number of ether oxygens (including phenoxy) is 2. The number of esters is 1. The summed E-state index contributed by atoms with van der Waals surface area (Å²) in [4.78, 5) is 12.0. The molecule has 3 rings (SSSR count). The van der Waals surface area contributed by atoms with E-state index in [0.717, 1.165) is 23.3 Å². The van der Waals surface area contributed by atoms with Gasteiger partial charge in [0.25, 0.3) is 0 Å². The molecule has 1 heterocycles. The van der Waals surface area contributed by atoms with Crippen LogP contribution in [0.1, 0.15) is 21.5 Å². The van der Waals surface area contributed by atoms with Crippen LogP contribution in [0.15, 0.2) is 42.5 Å². The first-order valence-corrected chi connectivity index (χ1v) is 6.91. The molecule has 4 heteroatoms. The van der Waals surface area contributed by atoms with E-state index >= 15 is 0 Å². The van der Waals surface area contributed by atoms with E-state index in [9.17, 15) is 4.79 Å². The number of hydrogen-bond acceptors (Lipinski definition) is 4. The van der Waals surface area contributed by atoms with Crippen LogP contribution in [0.2, 0.25) is 0 Å². The highest BCUT2D eigenvalue weighted by atomic mass is 16.6. The van der Waals surface area contributed by atoms with Gasteiger partial charge < -0.3 is 15.2 Å². The van der Waals surface area contributed by atoms with Crippen molar-refractivity contribution in [2.75, 3.05) is 12.3 Å². The van der Waals surface area contributed by atoms with E-state index in [1.807, 2.05) is 37.3 Å². The molecule has 0 radical (unpaired) electrons. The summed E-state index contributed by atoms with van der Waals surface area (Å²) in [5.41, 5.74) is 8.96. The van der Waals surface area contributed by atoms with Gasteiger partial charge in [0.2, 0.25) is 0 Å². The number of carbonyl (C=O) groups excluding carboxylic acids is 1. The monoisotopic (exact) mass is 283 g/mol. The van der Waals surface area contributed by atoms with Crippen molar-refractivity contribution in [1.82, 2.24) is 0 Å². The topological polar surface area (TPSA) is 61.5 Å². The minimum absolute atomic E-state index is 0.117. The Bertz CT molecular complexity index is 656. The SMILES string of the molecule is Cc1ccc(C(=O)OCC2Cc3ccccc3O2)cc1N. The van der Waals surface area contributed by atoms with Crippen LogP contribution in [-0.2, 0) is 11.2 Å². The molecule has 0 aromatic heterocycles. The Morgan fingerprint density at radius 1 is 1.33 bits per heavy atom. The maximum atomic E-state index is 12.0. The second-order valence-electron chi connectivity index (χ2n) is 5.22. The van der Waals surface area contributed by atoms with Crippen molar-refractivity contribution in [3.05, 3.63) is 59.2 Å². The van der Waals surface area contributed by atoms with Crippen molar-refractivity contribution in [1.29, 1.82) is 0 Å². The van der Waals surface area contributed by atoms with Crippen molar-refractivity contribution < 1.29 is 14.3 Å². The quantitative estimate of drug-likeness (QED) is 0.695. The van der Waals surface area contributed by atoms with Crippen LogP contribution in [0.5, 0.6) is 5.75 Å². The first kappa shape index (κ1) is 13.5. The fraction of sp³-hybridized carbons (Fsp3) is 0.235. The lowest BCUT2D eigenvalue weighted by molar-refractivity contribution is 0.0347. The number of aryl methyl sites for hydroxylation is 1. The lowest BCUT2D eigenvalue weighted by Gasteiger charge is -2.11. The average molecular weight is 283 g/mol. The van der Waals surface area contributed by atoms with Crippen LogP contribution in [0.4, 0.5) is 5.69 Å². The van der Waals surface area contributed by atoms with E-state index < -0.39 is 0 Å². The molecule has 108 valence electrons. The highest BCUT2D eigenvalue weighted by molar-refractivity contribution is 5.90. The van der Waals surface area contributed by atoms with Gasteiger partial charge in [-0.15, -0.1) is 0 Å². The maximum absolute atomic E-state index is 12.0. The van der Waals surface area contributed by atoms with E-state index in [1.165, 1.54) is 0 Å². The number of rotatable bonds is 3. The molecule has 0 fully saturated rings. The van der Waals surface area contributed by atoms with E-state index in [1.54, 1.807) is 12.1 Å². The molecule has 1 aliphatic heterocycles. The third-order valence-electron chi connectivity index (χ3n) is 3.63. The summed E-state index contributed by atoms with van der Waals surface area (Å²) in [5, 5.41) is 0. The zero-order valence-electron chi connectivity index (χ0n) is 11.8. The highest BCUT2D eigenvalue weighted by Crippen LogP contribution is 2.28. The number of hydrogen-bond donors (Lipinski definition) is 1. The van der Waals surface area contributed by atoms with Gasteiger partial charge in [0.05, 0.1) is 5.56 Å². The highest BCUT2D eigenvalue weighted by Gasteiger charge is 2.23. The van der Waals surface area contributed by atoms with Crippen LogP contribution >= 0.6 is 0 Å². The Hall–Kier alpha value is -2.49. The summed E-state index contributed by atoms with van der Waals surface area (Å²) in [6.45, 7) is 2.13. The van der Waals surface area contributed by atoms with E-state index in [0.29, 0.717) is 11.3 Å². The third-order valence-corrected chi connectivity index (χ3v) is 3.63. The zero-order chi connectivity index (χ0) is 14.8. The number of fused-ring (bicyclic) bond motifs is 1. The molecule has 1 atom stereocenters. The number of anilines is 1. The molecule has 0 aliphatic carbocycles. The summed E-state index contributed by atoms with van der Waals surface area (Å²) in [7, 11) is 0. The molecule has 1 aliphatic rings. The van der Waals surface area contributed by atoms with Gasteiger partial charge in [-0.3, -0.25) is 0 Å². The van der Waals surface area contributed by atoms with Crippen molar-refractivity contribution in [3.63, 3.8) is 0 Å². The molecule has 0 saturated carbocycles. The van der Waals surface area contributed by atoms with Gasteiger partial charge in [-0.2, -0.15) is 0 Å². The summed E-state index contributed by atoms with van der Waals surface area (Å²) >= 11 is 0. The molecular weight excluding hydrogens is 266 g/mol. The molecule has 4 nitrogen and oxygen atoms in total. The molecular formula is C17H17NO3. The van der Waals surface area contributed by atoms with Crippen molar-refractivity contribution >= 4 is 11.7 Å². The Labute approximate surface area is 123 Å². The van der Waals surface area contributed by atoms with Gasteiger partial charge in [0.15, 0.2) is 0 Å². The standard InChI is InChI=1S/C17H17NO3/c1-11-6-7-13(9-15(11)18)17(19)20-10-14-8-12-4-2-3-5-16(12)21-14/h2-7,9,14H,8,10,18H2,1H3. The number of nitrogen functional groups attached to an aromatic ring is 1. The molecule has 2 aromatic rings. The molecule has 2 N–H and O–H groups in total. The Morgan fingerprint density at radius 2 is 2.14 bits per heavy atom. The lowest BCUT2D eigenvalue weighted by Crippen LogP contribution is -2.23. The Balaban J connectivity index is 1.59. The summed E-state index contributed by atoms with van der Waals surface area (Å²) in [6, 6.07) is 13.0. The minimum Gasteiger partial charge on any atom is -0.486 e. The fourth-order valence-corrected chi connectivity index (χ4v) is 2.37. The molecule has 0 spiro atoms. The van der Waals surface area contributed by atoms with Gasteiger partial charge in [0.1, 0.15) is 18.5 Å². The van der Waals surface area contributed by atoms with Crippen LogP contribution in [0, 0.1) is 6.92 Å². The maximum Gasteiger partial charge on any atom is 0.338 e. The Kier molecular flexibility index (Phi) is 3.52. The third kappa shape index (κ3) is 2.84. The zero-order valence-corrected chi connectivity index (χ0v) is 11.8. The number of benzene rings is 2. The molecule has 1 unspecified atom stereocenters.